The molecule has 3 rings (SSSR count). The molecule has 6 heteroatoms. The molecule has 1 fully saturated rings. The second-order valence-electron chi connectivity index (χ2n) is 7.73. The lowest BCUT2D eigenvalue weighted by Crippen LogP contribution is -2.31. The van der Waals surface area contributed by atoms with Crippen LogP contribution < -0.4 is 5.32 Å². The fraction of sp³-hybridized carbons (Fsp3) is 0.524. The van der Waals surface area contributed by atoms with Crippen LogP contribution in [-0.2, 0) is 13.1 Å². The lowest BCUT2D eigenvalue weighted by atomic mass is 10.1. The van der Waals surface area contributed by atoms with Crippen LogP contribution in [0, 0.1) is 12.8 Å². The van der Waals surface area contributed by atoms with Gasteiger partial charge in [-0.25, -0.2) is 4.98 Å². The van der Waals surface area contributed by atoms with Crippen LogP contribution in [-0.4, -0.2) is 54.4 Å². The van der Waals surface area contributed by atoms with Crippen molar-refractivity contribution in [1.29, 1.82) is 0 Å². The molecule has 0 bridgehead atoms. The summed E-state index contributed by atoms with van der Waals surface area (Å²) in [5, 5.41) is 2.87. The zero-order valence-electron chi connectivity index (χ0n) is 16.6. The third-order valence-electron chi connectivity index (χ3n) is 4.86. The van der Waals surface area contributed by atoms with Crippen LogP contribution in [0.15, 0.2) is 34.9 Å². The highest BCUT2D eigenvalue weighted by Gasteiger charge is 2.25. The van der Waals surface area contributed by atoms with Crippen LogP contribution in [0.4, 0.5) is 0 Å². The molecular weight excluding hydrogens is 340 g/mol. The van der Waals surface area contributed by atoms with Crippen molar-refractivity contribution >= 4 is 5.91 Å². The van der Waals surface area contributed by atoms with Crippen LogP contribution >= 0.6 is 0 Å². The minimum atomic E-state index is -0.181. The summed E-state index contributed by atoms with van der Waals surface area (Å²) in [6, 6.07) is 8.47. The van der Waals surface area contributed by atoms with E-state index in [9.17, 15) is 4.79 Å². The molecule has 0 atom stereocenters. The summed E-state index contributed by atoms with van der Waals surface area (Å²) in [6.07, 6.45) is 4.06. The number of hydrogen-bond acceptors (Lipinski definition) is 5. The first-order valence-electron chi connectivity index (χ1n) is 9.65. The quantitative estimate of drug-likeness (QED) is 0.697. The Hall–Kier alpha value is -2.18. The van der Waals surface area contributed by atoms with Crippen molar-refractivity contribution in [2.45, 2.75) is 32.9 Å². The monoisotopic (exact) mass is 370 g/mol. The summed E-state index contributed by atoms with van der Waals surface area (Å²) < 4.78 is 5.59. The van der Waals surface area contributed by atoms with E-state index < -0.39 is 0 Å². The van der Waals surface area contributed by atoms with Crippen molar-refractivity contribution < 1.29 is 9.21 Å². The maximum absolute atomic E-state index is 12.2. The van der Waals surface area contributed by atoms with Crippen LogP contribution in [0.3, 0.4) is 0 Å². The molecule has 0 radical (unpaired) electrons. The Bertz CT molecular complexity index is 752. The molecule has 1 aliphatic carbocycles. The summed E-state index contributed by atoms with van der Waals surface area (Å²) in [4.78, 5) is 21.0. The average Bonchev–Trinajstić information content (AvgIpc) is 3.31. The van der Waals surface area contributed by atoms with Crippen molar-refractivity contribution in [3.05, 3.63) is 53.2 Å². The van der Waals surface area contributed by atoms with Crippen LogP contribution in [0.1, 0.15) is 40.3 Å². The third-order valence-corrected chi connectivity index (χ3v) is 4.86. The normalized spacial score (nSPS) is 14.1. The SMILES string of the molecule is Cc1ccccc1CN(Cc1nc(C(=O)NCCN(C)C)co1)CC1CC1. The average molecular weight is 370 g/mol. The first-order valence-corrected chi connectivity index (χ1v) is 9.65. The molecule has 1 aromatic heterocycles. The summed E-state index contributed by atoms with van der Waals surface area (Å²) in [5.41, 5.74) is 2.98. The summed E-state index contributed by atoms with van der Waals surface area (Å²) in [5.74, 6) is 1.19. The number of aromatic nitrogens is 1. The number of nitrogens with one attached hydrogen (secondary N) is 1. The van der Waals surface area contributed by atoms with Gasteiger partial charge in [0.1, 0.15) is 6.26 Å². The van der Waals surface area contributed by atoms with Crippen molar-refractivity contribution in [3.63, 3.8) is 0 Å². The molecule has 6 nitrogen and oxygen atoms in total. The molecule has 1 heterocycles. The van der Waals surface area contributed by atoms with E-state index in [0.717, 1.165) is 25.6 Å². The molecule has 146 valence electrons. The lowest BCUT2D eigenvalue weighted by Gasteiger charge is -2.21. The Morgan fingerprint density at radius 2 is 2.04 bits per heavy atom. The van der Waals surface area contributed by atoms with E-state index in [1.54, 1.807) is 0 Å². The number of carbonyl (C=O) groups is 1. The summed E-state index contributed by atoms with van der Waals surface area (Å²) in [6.45, 7) is 6.07. The van der Waals surface area contributed by atoms with Gasteiger partial charge in [-0.1, -0.05) is 24.3 Å². The highest BCUT2D eigenvalue weighted by Crippen LogP contribution is 2.31. The first kappa shape index (κ1) is 19.6. The molecule has 0 unspecified atom stereocenters. The zero-order valence-corrected chi connectivity index (χ0v) is 16.6. The number of oxazole rings is 1. The van der Waals surface area contributed by atoms with Crippen molar-refractivity contribution in [2.24, 2.45) is 5.92 Å². The maximum atomic E-state index is 12.2. The van der Waals surface area contributed by atoms with Crippen molar-refractivity contribution in [1.82, 2.24) is 20.1 Å². The zero-order chi connectivity index (χ0) is 19.2. The maximum Gasteiger partial charge on any atom is 0.273 e. The van der Waals surface area contributed by atoms with Crippen LogP contribution in [0.25, 0.3) is 0 Å². The Morgan fingerprint density at radius 1 is 1.26 bits per heavy atom. The minimum Gasteiger partial charge on any atom is -0.447 e. The second-order valence-corrected chi connectivity index (χ2v) is 7.73. The van der Waals surface area contributed by atoms with Gasteiger partial charge in [-0.15, -0.1) is 0 Å². The number of nitrogens with zero attached hydrogens (tertiary/aromatic N) is 3. The van der Waals surface area contributed by atoms with Gasteiger partial charge in [0.05, 0.1) is 6.54 Å². The number of amides is 1. The van der Waals surface area contributed by atoms with Gasteiger partial charge in [-0.3, -0.25) is 9.69 Å². The number of likely N-dealkylation sites (N-methyl/N-ethyl adjacent to an activating group) is 1. The number of hydrogen-bond donors (Lipinski definition) is 1. The smallest absolute Gasteiger partial charge is 0.273 e. The Labute approximate surface area is 161 Å². The second kappa shape index (κ2) is 9.15. The predicted octanol–water partition coefficient (Wildman–Crippen LogP) is 2.69. The van der Waals surface area contributed by atoms with Gasteiger partial charge >= 0.3 is 0 Å². The number of aryl methyl sites for hydroxylation is 1. The van der Waals surface area contributed by atoms with Crippen molar-refractivity contribution in [3.8, 4) is 0 Å². The lowest BCUT2D eigenvalue weighted by molar-refractivity contribution is 0.0946. The minimum absolute atomic E-state index is 0.181. The predicted molar refractivity (Wildman–Crippen MR) is 105 cm³/mol. The molecular formula is C21H30N4O2. The van der Waals surface area contributed by atoms with Gasteiger partial charge in [-0.05, 0) is 50.9 Å². The van der Waals surface area contributed by atoms with Gasteiger partial charge in [0.15, 0.2) is 5.69 Å². The van der Waals surface area contributed by atoms with E-state index in [0.29, 0.717) is 24.7 Å². The molecule has 2 aromatic rings. The van der Waals surface area contributed by atoms with E-state index in [-0.39, 0.29) is 5.91 Å². The molecule has 0 saturated heterocycles. The fourth-order valence-corrected chi connectivity index (χ4v) is 3.04. The molecule has 0 aliphatic heterocycles. The first-order chi connectivity index (χ1) is 13.0. The topological polar surface area (TPSA) is 61.6 Å². The van der Waals surface area contributed by atoms with Gasteiger partial charge in [0, 0.05) is 26.2 Å². The van der Waals surface area contributed by atoms with Gasteiger partial charge in [0.25, 0.3) is 5.91 Å². The molecule has 1 N–H and O–H groups in total. The van der Waals surface area contributed by atoms with Crippen molar-refractivity contribution in [2.75, 3.05) is 33.7 Å². The van der Waals surface area contributed by atoms with Gasteiger partial charge < -0.3 is 14.6 Å². The molecule has 1 saturated carbocycles. The fourth-order valence-electron chi connectivity index (χ4n) is 3.04. The molecule has 27 heavy (non-hydrogen) atoms. The largest absolute Gasteiger partial charge is 0.447 e. The van der Waals surface area contributed by atoms with Crippen LogP contribution in [0.5, 0.6) is 0 Å². The number of carbonyl (C=O) groups excluding carboxylic acids is 1. The van der Waals surface area contributed by atoms with E-state index in [1.807, 2.05) is 19.0 Å². The molecule has 1 aliphatic rings. The third kappa shape index (κ3) is 6.19. The molecule has 1 amide bonds. The van der Waals surface area contributed by atoms with E-state index in [2.05, 4.69) is 46.4 Å². The Balaban J connectivity index is 1.59. The van der Waals surface area contributed by atoms with Gasteiger partial charge in [-0.2, -0.15) is 0 Å². The standard InChI is InChI=1S/C21H30N4O2/c1-16-6-4-5-7-18(16)13-25(12-17-8-9-17)14-20-23-19(15-27-20)21(26)22-10-11-24(2)3/h4-7,15,17H,8-14H2,1-3H3,(H,22,26). The Kier molecular flexibility index (Phi) is 6.63. The summed E-state index contributed by atoms with van der Waals surface area (Å²) in [7, 11) is 3.95. The summed E-state index contributed by atoms with van der Waals surface area (Å²) >= 11 is 0. The Morgan fingerprint density at radius 3 is 2.74 bits per heavy atom. The number of benzene rings is 1. The highest BCUT2D eigenvalue weighted by atomic mass is 16.3. The van der Waals surface area contributed by atoms with E-state index in [4.69, 9.17) is 4.42 Å². The molecule has 1 aromatic carbocycles. The molecule has 0 spiro atoms. The van der Waals surface area contributed by atoms with E-state index in [1.165, 1.54) is 30.2 Å². The number of rotatable bonds is 10. The highest BCUT2D eigenvalue weighted by molar-refractivity contribution is 5.91. The van der Waals surface area contributed by atoms with E-state index >= 15 is 0 Å². The van der Waals surface area contributed by atoms with Gasteiger partial charge in [0.2, 0.25) is 5.89 Å². The van der Waals surface area contributed by atoms with Crippen LogP contribution in [0.2, 0.25) is 0 Å².